The minimum Gasteiger partial charge on any atom is -0.493 e. The fourth-order valence-corrected chi connectivity index (χ4v) is 4.57. The van der Waals surface area contributed by atoms with Gasteiger partial charge in [-0.15, -0.1) is 0 Å². The first-order valence-electron chi connectivity index (χ1n) is 13.9. The molecule has 42 heavy (non-hydrogen) atoms. The molecule has 0 spiro atoms. The number of nitrogens with zero attached hydrogens (tertiary/aromatic N) is 6. The molecule has 2 aromatic heterocycles. The van der Waals surface area contributed by atoms with E-state index in [2.05, 4.69) is 44.6 Å². The van der Waals surface area contributed by atoms with Crippen LogP contribution in [0.5, 0.6) is 17.2 Å². The quantitative estimate of drug-likeness (QED) is 0.291. The minimum atomic E-state index is 0.534. The monoisotopic (exact) mass is 585 g/mol. The Labute approximate surface area is 249 Å². The third kappa shape index (κ3) is 8.58. The standard InChI is InChI=1S/C27H37N7O4.C2H6.CH4O/c1-20(23-8-7-21(34(23)28-2)17-32-11-9-31(10-12-32)13-14-35-3)30-26-18-33(19-29-26)22-15-24(36-4)27(38-6)25(16-22)37-5;2*1-2/h7-8,15-16,18-19,30H,1-2,9-14,17H2,3-6H3;1-2H3;2H,1H3. The van der Waals surface area contributed by atoms with Crippen molar-refractivity contribution in [3.05, 3.63) is 54.8 Å². The summed E-state index contributed by atoms with van der Waals surface area (Å²) in [7, 11) is 7.50. The van der Waals surface area contributed by atoms with Crippen molar-refractivity contribution in [3.63, 3.8) is 0 Å². The Morgan fingerprint density at radius 1 is 0.976 bits per heavy atom. The van der Waals surface area contributed by atoms with Crippen LogP contribution in [0.15, 0.2) is 48.5 Å². The van der Waals surface area contributed by atoms with Crippen molar-refractivity contribution < 1.29 is 24.1 Å². The molecule has 1 aromatic carbocycles. The summed E-state index contributed by atoms with van der Waals surface area (Å²) in [5.41, 5.74) is 3.37. The van der Waals surface area contributed by atoms with Crippen LogP contribution in [0.4, 0.5) is 5.82 Å². The van der Waals surface area contributed by atoms with E-state index in [4.69, 9.17) is 24.1 Å². The van der Waals surface area contributed by atoms with Gasteiger partial charge in [0, 0.05) is 72.3 Å². The van der Waals surface area contributed by atoms with Crippen molar-refractivity contribution in [1.82, 2.24) is 24.0 Å². The first kappa shape index (κ1) is 34.4. The number of hydrogen-bond donors (Lipinski definition) is 2. The summed E-state index contributed by atoms with van der Waals surface area (Å²) in [4.78, 5) is 9.36. The highest BCUT2D eigenvalue weighted by atomic mass is 16.5. The number of rotatable bonds is 13. The van der Waals surface area contributed by atoms with Crippen LogP contribution in [0.25, 0.3) is 11.4 Å². The van der Waals surface area contributed by atoms with Gasteiger partial charge in [-0.05, 0) is 12.1 Å². The van der Waals surface area contributed by atoms with Gasteiger partial charge in [0.2, 0.25) is 5.75 Å². The molecular formula is C30H47N7O5. The highest BCUT2D eigenvalue weighted by molar-refractivity contribution is 5.72. The summed E-state index contributed by atoms with van der Waals surface area (Å²) in [6.07, 6.45) is 3.57. The second-order valence-corrected chi connectivity index (χ2v) is 8.93. The number of methoxy groups -OCH3 is 4. The number of nitrogens with one attached hydrogen (secondary N) is 1. The number of aromatic nitrogens is 3. The van der Waals surface area contributed by atoms with E-state index >= 15 is 0 Å². The summed E-state index contributed by atoms with van der Waals surface area (Å²) in [6.45, 7) is 18.6. The molecular weight excluding hydrogens is 538 g/mol. The van der Waals surface area contributed by atoms with Crippen LogP contribution >= 0.6 is 0 Å². The molecule has 0 atom stereocenters. The van der Waals surface area contributed by atoms with Crippen molar-refractivity contribution >= 4 is 18.2 Å². The Hall–Kier alpha value is -3.84. The van der Waals surface area contributed by atoms with Gasteiger partial charge in [-0.3, -0.25) is 9.80 Å². The molecule has 2 N–H and O–H groups in total. The van der Waals surface area contributed by atoms with Crippen molar-refractivity contribution in [2.45, 2.75) is 20.4 Å². The normalized spacial score (nSPS) is 13.2. The molecule has 1 saturated heterocycles. The van der Waals surface area contributed by atoms with Crippen LogP contribution in [0.3, 0.4) is 0 Å². The molecule has 3 aromatic rings. The van der Waals surface area contributed by atoms with Gasteiger partial charge in [0.1, 0.15) is 12.1 Å². The molecule has 0 aliphatic carbocycles. The van der Waals surface area contributed by atoms with Crippen molar-refractivity contribution in [2.75, 3.05) is 80.2 Å². The number of hydrogen-bond acceptors (Lipinski definition) is 10. The van der Waals surface area contributed by atoms with E-state index < -0.39 is 0 Å². The van der Waals surface area contributed by atoms with Crippen molar-refractivity contribution in [2.24, 2.45) is 5.10 Å². The number of piperazine rings is 1. The van der Waals surface area contributed by atoms with E-state index in [1.807, 2.05) is 47.5 Å². The Morgan fingerprint density at radius 3 is 2.14 bits per heavy atom. The highest BCUT2D eigenvalue weighted by Crippen LogP contribution is 2.39. The summed E-state index contributed by atoms with van der Waals surface area (Å²) in [5, 5.41) is 14.6. The third-order valence-electron chi connectivity index (χ3n) is 6.66. The number of aliphatic hydroxyl groups excluding tert-OH is 1. The summed E-state index contributed by atoms with van der Waals surface area (Å²) < 4.78 is 25.3. The molecule has 0 bridgehead atoms. The molecule has 0 radical (unpaired) electrons. The van der Waals surface area contributed by atoms with Gasteiger partial charge >= 0.3 is 0 Å². The topological polar surface area (TPSA) is 111 Å². The smallest absolute Gasteiger partial charge is 0.203 e. The largest absolute Gasteiger partial charge is 0.493 e. The summed E-state index contributed by atoms with van der Waals surface area (Å²) in [5.74, 6) is 2.29. The first-order valence-corrected chi connectivity index (χ1v) is 13.9. The van der Waals surface area contributed by atoms with E-state index in [0.29, 0.717) is 28.8 Å². The second-order valence-electron chi connectivity index (χ2n) is 8.93. The van der Waals surface area contributed by atoms with Crippen molar-refractivity contribution in [3.8, 4) is 22.9 Å². The lowest BCUT2D eigenvalue weighted by Gasteiger charge is -2.34. The van der Waals surface area contributed by atoms with E-state index in [9.17, 15) is 0 Å². The molecule has 0 amide bonds. The SMILES string of the molecule is C=Nn1c(CN2CCN(CCOC)CC2)ccc1C(=C)Nc1cn(-c2cc(OC)c(OC)c(OC)c2)cn1.CC.CO. The van der Waals surface area contributed by atoms with Gasteiger partial charge in [0.25, 0.3) is 0 Å². The maximum atomic E-state index is 7.00. The maximum absolute atomic E-state index is 7.00. The molecule has 1 aliphatic rings. The van der Waals surface area contributed by atoms with Crippen LogP contribution < -0.4 is 19.5 Å². The van der Waals surface area contributed by atoms with Crippen LogP contribution in [0.1, 0.15) is 25.2 Å². The minimum absolute atomic E-state index is 0.534. The number of aliphatic hydroxyl groups is 1. The molecule has 1 aliphatic heterocycles. The van der Waals surface area contributed by atoms with Gasteiger partial charge in [-0.1, -0.05) is 20.4 Å². The number of ether oxygens (including phenoxy) is 4. The Bertz CT molecular complexity index is 1220. The van der Waals surface area contributed by atoms with E-state index in [1.165, 1.54) is 0 Å². The molecule has 0 unspecified atom stereocenters. The molecule has 0 saturated carbocycles. The van der Waals surface area contributed by atoms with Gasteiger partial charge < -0.3 is 33.9 Å². The Kier molecular flexibility index (Phi) is 14.6. The molecule has 1 fully saturated rings. The summed E-state index contributed by atoms with van der Waals surface area (Å²) >= 11 is 0. The van der Waals surface area contributed by atoms with Gasteiger partial charge in [-0.25, -0.2) is 9.66 Å². The number of benzene rings is 1. The van der Waals surface area contributed by atoms with E-state index in [-0.39, 0.29) is 0 Å². The average Bonchev–Trinajstić information content (AvgIpc) is 3.68. The zero-order chi connectivity index (χ0) is 31.1. The van der Waals surface area contributed by atoms with Crippen LogP contribution in [-0.2, 0) is 11.3 Å². The van der Waals surface area contributed by atoms with Gasteiger partial charge in [0.05, 0.1) is 56.9 Å². The lowest BCUT2D eigenvalue weighted by molar-refractivity contribution is 0.0928. The first-order chi connectivity index (χ1) is 20.5. The van der Waals surface area contributed by atoms with Crippen molar-refractivity contribution in [1.29, 1.82) is 0 Å². The zero-order valence-electron chi connectivity index (χ0n) is 26.1. The molecule has 12 nitrogen and oxygen atoms in total. The highest BCUT2D eigenvalue weighted by Gasteiger charge is 2.20. The third-order valence-corrected chi connectivity index (χ3v) is 6.66. The van der Waals surface area contributed by atoms with E-state index in [0.717, 1.165) is 70.1 Å². The predicted octanol–water partition coefficient (Wildman–Crippen LogP) is 3.64. The number of imidazole rings is 1. The fraction of sp³-hybridized carbons (Fsp3) is 0.467. The molecule has 12 heteroatoms. The van der Waals surface area contributed by atoms with Crippen LogP contribution in [-0.4, -0.2) is 111 Å². The zero-order valence-corrected chi connectivity index (χ0v) is 26.1. The molecule has 3 heterocycles. The van der Waals surface area contributed by atoms with Gasteiger partial charge in [-0.2, -0.15) is 5.10 Å². The Balaban J connectivity index is 0.00000148. The number of anilines is 1. The average molecular weight is 586 g/mol. The fourth-order valence-electron chi connectivity index (χ4n) is 4.57. The lowest BCUT2D eigenvalue weighted by Crippen LogP contribution is -2.46. The van der Waals surface area contributed by atoms with Crippen LogP contribution in [0, 0.1) is 0 Å². The molecule has 232 valence electrons. The van der Waals surface area contributed by atoms with E-state index in [1.54, 1.807) is 34.8 Å². The predicted molar refractivity (Wildman–Crippen MR) is 168 cm³/mol. The Morgan fingerprint density at radius 2 is 1.60 bits per heavy atom. The van der Waals surface area contributed by atoms with Crippen LogP contribution in [0.2, 0.25) is 0 Å². The second kappa shape index (κ2) is 17.9. The lowest BCUT2D eigenvalue weighted by atomic mass is 10.2. The van der Waals surface area contributed by atoms with Gasteiger partial charge in [0.15, 0.2) is 11.5 Å². The molecule has 4 rings (SSSR count). The summed E-state index contributed by atoms with van der Waals surface area (Å²) in [6, 6.07) is 7.79. The maximum Gasteiger partial charge on any atom is 0.203 e.